The fourth-order valence-corrected chi connectivity index (χ4v) is 6.01. The molecule has 0 spiro atoms. The minimum atomic E-state index is -3.92. The Morgan fingerprint density at radius 2 is 1.85 bits per heavy atom. The van der Waals surface area contributed by atoms with Gasteiger partial charge in [-0.15, -0.1) is 0 Å². The molecule has 0 unspecified atom stereocenters. The van der Waals surface area contributed by atoms with Crippen molar-refractivity contribution in [1.82, 2.24) is 10.9 Å². The molecule has 1 saturated carbocycles. The lowest BCUT2D eigenvalue weighted by molar-refractivity contribution is -0.128. The van der Waals surface area contributed by atoms with Crippen LogP contribution in [0.25, 0.3) is 4.48 Å². The number of carbonyl (C=O) groups excluding carboxylic acids is 2. The molecule has 0 radical (unpaired) electrons. The first-order valence-electron chi connectivity index (χ1n) is 10.5. The van der Waals surface area contributed by atoms with Crippen molar-refractivity contribution in [1.29, 1.82) is 0 Å². The van der Waals surface area contributed by atoms with E-state index in [0.29, 0.717) is 32.6 Å². The third-order valence-electron chi connectivity index (χ3n) is 5.71. The number of fused-ring (bicyclic) bond motifs is 1. The molecule has 0 atom stereocenters. The summed E-state index contributed by atoms with van der Waals surface area (Å²) in [6, 6.07) is 11.7. The molecule has 1 aliphatic carbocycles. The standard InChI is InChI=1S/C23H24BrN3O5S/c1-14-13-16(9-10-20(14)32-2)33(30,31)27-12-11-18(21(24)17-5-3-4-6-19(17)27)23(29)26-25-22(28)15-7-8-15/h3-6,9-10,13,15H,7-8,11-12H2,1-2H3,(H,25,28)(H,26,29). The molecule has 33 heavy (non-hydrogen) atoms. The molecule has 1 heterocycles. The number of hydrazine groups is 1. The summed E-state index contributed by atoms with van der Waals surface area (Å²) in [7, 11) is -2.39. The Kier molecular flexibility index (Phi) is 6.49. The topological polar surface area (TPSA) is 105 Å². The molecule has 1 fully saturated rings. The lowest BCUT2D eigenvalue weighted by atomic mass is 10.1. The third-order valence-corrected chi connectivity index (χ3v) is 8.43. The summed E-state index contributed by atoms with van der Waals surface area (Å²) < 4.78 is 34.3. The molecule has 2 amide bonds. The van der Waals surface area contributed by atoms with E-state index in [0.717, 1.165) is 12.8 Å². The zero-order valence-corrected chi connectivity index (χ0v) is 20.6. The van der Waals surface area contributed by atoms with Crippen LogP contribution in [0.1, 0.15) is 30.4 Å². The number of anilines is 1. The van der Waals surface area contributed by atoms with Crippen LogP contribution in [0.2, 0.25) is 0 Å². The average molecular weight is 534 g/mol. The number of nitrogens with zero attached hydrogens (tertiary/aromatic N) is 1. The number of benzene rings is 2. The van der Waals surface area contributed by atoms with E-state index in [-0.39, 0.29) is 29.7 Å². The Morgan fingerprint density at radius 3 is 2.52 bits per heavy atom. The Labute approximate surface area is 201 Å². The van der Waals surface area contributed by atoms with Gasteiger partial charge in [-0.3, -0.25) is 24.7 Å². The number of rotatable bonds is 5. The van der Waals surface area contributed by atoms with E-state index in [1.165, 1.54) is 17.5 Å². The number of sulfonamides is 1. The lowest BCUT2D eigenvalue weighted by Crippen LogP contribution is -2.43. The van der Waals surface area contributed by atoms with Crippen LogP contribution in [0.3, 0.4) is 0 Å². The first kappa shape index (κ1) is 23.3. The van der Waals surface area contributed by atoms with E-state index in [9.17, 15) is 18.0 Å². The number of halogens is 1. The molecule has 2 N–H and O–H groups in total. The molecule has 0 saturated heterocycles. The maximum absolute atomic E-state index is 13.6. The average Bonchev–Trinajstić information content (AvgIpc) is 3.65. The van der Waals surface area contributed by atoms with Gasteiger partial charge < -0.3 is 4.74 Å². The number of hydrogen-bond donors (Lipinski definition) is 2. The van der Waals surface area contributed by atoms with Crippen LogP contribution in [0, 0.1) is 12.8 Å². The Hall–Kier alpha value is -2.85. The Bertz CT molecular complexity index is 1250. The van der Waals surface area contributed by atoms with E-state index in [1.54, 1.807) is 43.3 Å². The van der Waals surface area contributed by atoms with Crippen LogP contribution >= 0.6 is 15.9 Å². The number of methoxy groups -OCH3 is 1. The van der Waals surface area contributed by atoms with Gasteiger partial charge in [-0.25, -0.2) is 8.42 Å². The molecule has 0 aromatic heterocycles. The van der Waals surface area contributed by atoms with Gasteiger partial charge in [0.25, 0.3) is 15.9 Å². The highest BCUT2D eigenvalue weighted by molar-refractivity contribution is 9.15. The lowest BCUT2D eigenvalue weighted by Gasteiger charge is -2.25. The second-order valence-electron chi connectivity index (χ2n) is 7.99. The first-order chi connectivity index (χ1) is 15.7. The van der Waals surface area contributed by atoms with E-state index in [2.05, 4.69) is 26.8 Å². The van der Waals surface area contributed by atoms with Gasteiger partial charge in [0.2, 0.25) is 5.91 Å². The minimum absolute atomic E-state index is 0.0498. The van der Waals surface area contributed by atoms with Gasteiger partial charge in [-0.1, -0.05) is 18.2 Å². The summed E-state index contributed by atoms with van der Waals surface area (Å²) in [6.07, 6.45) is 1.78. The van der Waals surface area contributed by atoms with Crippen molar-refractivity contribution in [2.45, 2.75) is 31.1 Å². The molecular formula is C23H24BrN3O5S. The Morgan fingerprint density at radius 1 is 1.12 bits per heavy atom. The third kappa shape index (κ3) is 4.63. The van der Waals surface area contributed by atoms with Crippen LogP contribution < -0.4 is 19.9 Å². The van der Waals surface area contributed by atoms with Crippen molar-refractivity contribution in [3.63, 3.8) is 0 Å². The summed E-state index contributed by atoms with van der Waals surface area (Å²) in [4.78, 5) is 24.9. The van der Waals surface area contributed by atoms with Crippen molar-refractivity contribution in [2.75, 3.05) is 18.0 Å². The first-order valence-corrected chi connectivity index (χ1v) is 12.7. The zero-order valence-electron chi connectivity index (χ0n) is 18.2. The Balaban J connectivity index is 1.66. The SMILES string of the molecule is COc1ccc(S(=O)(=O)N2CCC(C(=O)NNC(=O)C3CC3)=C(Br)c3ccccc32)cc1C. The second kappa shape index (κ2) is 9.18. The summed E-state index contributed by atoms with van der Waals surface area (Å²) >= 11 is 3.50. The highest BCUT2D eigenvalue weighted by Crippen LogP contribution is 2.40. The molecule has 1 aliphatic heterocycles. The molecule has 10 heteroatoms. The molecule has 174 valence electrons. The highest BCUT2D eigenvalue weighted by Gasteiger charge is 2.33. The molecule has 2 aromatic rings. The maximum Gasteiger partial charge on any atom is 0.266 e. The van der Waals surface area contributed by atoms with Crippen LogP contribution in [0.4, 0.5) is 5.69 Å². The quantitative estimate of drug-likeness (QED) is 0.574. The molecule has 2 aliphatic rings. The number of para-hydroxylation sites is 1. The van der Waals surface area contributed by atoms with Gasteiger partial charge in [-0.2, -0.15) is 0 Å². The van der Waals surface area contributed by atoms with Crippen LogP contribution in [-0.2, 0) is 19.6 Å². The molecular weight excluding hydrogens is 510 g/mol. The van der Waals surface area contributed by atoms with Crippen molar-refractivity contribution in [3.05, 3.63) is 59.2 Å². The van der Waals surface area contributed by atoms with E-state index in [1.807, 2.05) is 0 Å². The molecule has 0 bridgehead atoms. The van der Waals surface area contributed by atoms with Gasteiger partial charge in [-0.05, 0) is 71.9 Å². The minimum Gasteiger partial charge on any atom is -0.496 e. The van der Waals surface area contributed by atoms with Gasteiger partial charge in [0.1, 0.15) is 5.75 Å². The molecule has 4 rings (SSSR count). The predicted molar refractivity (Wildman–Crippen MR) is 128 cm³/mol. The molecule has 8 nitrogen and oxygen atoms in total. The number of amides is 2. The van der Waals surface area contributed by atoms with Crippen LogP contribution in [0.5, 0.6) is 5.75 Å². The fraction of sp³-hybridized carbons (Fsp3) is 0.304. The summed E-state index contributed by atoms with van der Waals surface area (Å²) in [5.74, 6) is -0.147. The van der Waals surface area contributed by atoms with Crippen molar-refractivity contribution < 1.29 is 22.7 Å². The second-order valence-corrected chi connectivity index (χ2v) is 10.6. The monoisotopic (exact) mass is 533 g/mol. The highest BCUT2D eigenvalue weighted by atomic mass is 79.9. The number of aryl methyl sites for hydroxylation is 1. The normalized spacial score (nSPS) is 16.0. The van der Waals surface area contributed by atoms with Gasteiger partial charge >= 0.3 is 0 Å². The maximum atomic E-state index is 13.6. The summed E-state index contributed by atoms with van der Waals surface area (Å²) in [6.45, 7) is 1.84. The number of ether oxygens (including phenoxy) is 1. The fourth-order valence-electron chi connectivity index (χ4n) is 3.73. The smallest absolute Gasteiger partial charge is 0.266 e. The van der Waals surface area contributed by atoms with Gasteiger partial charge in [0.15, 0.2) is 0 Å². The van der Waals surface area contributed by atoms with Gasteiger partial charge in [0.05, 0.1) is 17.7 Å². The number of hydrogen-bond acceptors (Lipinski definition) is 5. The van der Waals surface area contributed by atoms with Crippen LogP contribution in [0.15, 0.2) is 52.9 Å². The predicted octanol–water partition coefficient (Wildman–Crippen LogP) is 3.27. The van der Waals surface area contributed by atoms with E-state index < -0.39 is 15.9 Å². The summed E-state index contributed by atoms with van der Waals surface area (Å²) in [5, 5.41) is 0. The van der Waals surface area contributed by atoms with E-state index in [4.69, 9.17) is 4.74 Å². The number of nitrogens with one attached hydrogen (secondary N) is 2. The zero-order chi connectivity index (χ0) is 23.8. The number of carbonyl (C=O) groups is 2. The van der Waals surface area contributed by atoms with Crippen molar-refractivity contribution in [2.24, 2.45) is 5.92 Å². The van der Waals surface area contributed by atoms with Gasteiger partial charge in [0, 0.05) is 28.1 Å². The molecule has 2 aromatic carbocycles. The van der Waals surface area contributed by atoms with Crippen LogP contribution in [-0.4, -0.2) is 33.9 Å². The van der Waals surface area contributed by atoms with Crippen molar-refractivity contribution in [3.8, 4) is 5.75 Å². The summed E-state index contributed by atoms with van der Waals surface area (Å²) in [5.41, 5.74) is 7.00. The van der Waals surface area contributed by atoms with E-state index >= 15 is 0 Å². The largest absolute Gasteiger partial charge is 0.496 e. The van der Waals surface area contributed by atoms with Crippen molar-refractivity contribution >= 4 is 47.9 Å².